The Hall–Kier alpha value is -1.83. The molecule has 0 aliphatic carbocycles. The van der Waals surface area contributed by atoms with Crippen molar-refractivity contribution in [2.24, 2.45) is 0 Å². The zero-order chi connectivity index (χ0) is 16.1. The van der Waals surface area contributed by atoms with E-state index in [9.17, 15) is 14.4 Å². The van der Waals surface area contributed by atoms with Crippen LogP contribution in [0.25, 0.3) is 0 Å². The van der Waals surface area contributed by atoms with Gasteiger partial charge in [0.2, 0.25) is 0 Å². The van der Waals surface area contributed by atoms with E-state index in [0.29, 0.717) is 25.9 Å². The molecule has 0 aromatic carbocycles. The molecule has 0 aliphatic rings. The van der Waals surface area contributed by atoms with Crippen LogP contribution in [0.15, 0.2) is 0 Å². The van der Waals surface area contributed by atoms with Crippen LogP contribution in [-0.2, 0) is 19.0 Å². The highest BCUT2D eigenvalue weighted by Crippen LogP contribution is 2.01. The largest absolute Gasteiger partial charge is 0.447 e. The molecule has 0 rings (SSSR count). The fourth-order valence-corrected chi connectivity index (χ4v) is 1.32. The molecule has 0 saturated carbocycles. The summed E-state index contributed by atoms with van der Waals surface area (Å²) < 4.78 is 15.2. The lowest BCUT2D eigenvalue weighted by Gasteiger charge is -2.17. The standard InChI is InChI=1S/C13H24N2O6.2CH4/c1-4-10(16)6-5-7-19-11(8-20-12(17)14-2)9-21-13(18)15-3;;/h11H,4-9H2,1-3H3,(H,14,17)(H,15,18);2*1H4. The first-order valence-corrected chi connectivity index (χ1v) is 6.85. The zero-order valence-corrected chi connectivity index (χ0v) is 12.8. The summed E-state index contributed by atoms with van der Waals surface area (Å²) in [6.07, 6.45) is -0.243. The van der Waals surface area contributed by atoms with Crippen molar-refractivity contribution < 1.29 is 28.6 Å². The van der Waals surface area contributed by atoms with Crippen LogP contribution in [0.3, 0.4) is 0 Å². The number of carbonyl (C=O) groups excluding carboxylic acids is 3. The molecule has 2 amide bonds. The molecular weight excluding hydrogens is 304 g/mol. The fraction of sp³-hybridized carbons (Fsp3) is 0.800. The Morgan fingerprint density at radius 2 is 1.43 bits per heavy atom. The van der Waals surface area contributed by atoms with E-state index in [0.717, 1.165) is 0 Å². The first-order valence-electron chi connectivity index (χ1n) is 6.85. The number of Topliss-reactive ketones (excluding diaryl/α,β-unsaturated/α-hetero) is 1. The molecule has 0 bridgehead atoms. The zero-order valence-electron chi connectivity index (χ0n) is 12.8. The highest BCUT2D eigenvalue weighted by atomic mass is 16.6. The minimum Gasteiger partial charge on any atom is -0.447 e. The lowest BCUT2D eigenvalue weighted by Crippen LogP contribution is -2.33. The summed E-state index contributed by atoms with van der Waals surface area (Å²) in [5, 5.41) is 4.61. The van der Waals surface area contributed by atoms with Gasteiger partial charge in [0.25, 0.3) is 0 Å². The van der Waals surface area contributed by atoms with Gasteiger partial charge in [-0.3, -0.25) is 4.79 Å². The number of carbonyl (C=O) groups is 3. The monoisotopic (exact) mass is 336 g/mol. The molecule has 0 radical (unpaired) electrons. The summed E-state index contributed by atoms with van der Waals surface area (Å²) in [5.41, 5.74) is 0. The van der Waals surface area contributed by atoms with Crippen molar-refractivity contribution in [3.63, 3.8) is 0 Å². The average Bonchev–Trinajstić information content (AvgIpc) is 2.51. The molecule has 0 aliphatic heterocycles. The maximum Gasteiger partial charge on any atom is 0.406 e. The van der Waals surface area contributed by atoms with Gasteiger partial charge in [0, 0.05) is 33.5 Å². The van der Waals surface area contributed by atoms with Crippen molar-refractivity contribution in [2.45, 2.75) is 47.1 Å². The Kier molecular flexibility index (Phi) is 18.8. The van der Waals surface area contributed by atoms with Crippen LogP contribution >= 0.6 is 0 Å². The first-order chi connectivity index (χ1) is 10.0. The SMILES string of the molecule is C.C.CCC(=O)CCCOC(COC(=O)NC)COC(=O)NC. The molecule has 0 spiro atoms. The van der Waals surface area contributed by atoms with E-state index in [4.69, 9.17) is 14.2 Å². The summed E-state index contributed by atoms with van der Waals surface area (Å²) in [6, 6.07) is 0. The van der Waals surface area contributed by atoms with Gasteiger partial charge >= 0.3 is 12.2 Å². The normalized spacial score (nSPS) is 9.22. The predicted molar refractivity (Wildman–Crippen MR) is 88.5 cm³/mol. The Morgan fingerprint density at radius 1 is 0.957 bits per heavy atom. The predicted octanol–water partition coefficient (Wildman–Crippen LogP) is 2.12. The number of nitrogens with one attached hydrogen (secondary N) is 2. The van der Waals surface area contributed by atoms with Crippen LogP contribution < -0.4 is 10.6 Å². The van der Waals surface area contributed by atoms with Crippen LogP contribution in [0.4, 0.5) is 9.59 Å². The smallest absolute Gasteiger partial charge is 0.406 e. The van der Waals surface area contributed by atoms with Crippen LogP contribution in [0.2, 0.25) is 0 Å². The minimum atomic E-state index is -0.593. The van der Waals surface area contributed by atoms with E-state index in [1.165, 1.54) is 14.1 Å². The van der Waals surface area contributed by atoms with Crippen molar-refractivity contribution in [1.29, 1.82) is 0 Å². The van der Waals surface area contributed by atoms with Crippen LogP contribution in [-0.4, -0.2) is 58.0 Å². The molecule has 2 N–H and O–H groups in total. The highest BCUT2D eigenvalue weighted by Gasteiger charge is 2.15. The average molecular weight is 336 g/mol. The molecule has 0 fully saturated rings. The molecule has 8 heteroatoms. The first kappa shape index (κ1) is 26.1. The van der Waals surface area contributed by atoms with E-state index in [-0.39, 0.29) is 33.9 Å². The molecule has 0 heterocycles. The number of rotatable bonds is 10. The molecule has 23 heavy (non-hydrogen) atoms. The second kappa shape index (κ2) is 16.5. The van der Waals surface area contributed by atoms with Crippen molar-refractivity contribution in [3.05, 3.63) is 0 Å². The third kappa shape index (κ3) is 14.9. The quantitative estimate of drug-likeness (QED) is 0.592. The molecular formula is C15H32N2O6. The van der Waals surface area contributed by atoms with Crippen LogP contribution in [0, 0.1) is 0 Å². The molecule has 138 valence electrons. The third-order valence-electron chi connectivity index (χ3n) is 2.56. The number of hydrogen-bond donors (Lipinski definition) is 2. The topological polar surface area (TPSA) is 103 Å². The van der Waals surface area contributed by atoms with Crippen LogP contribution in [0.1, 0.15) is 41.0 Å². The van der Waals surface area contributed by atoms with Crippen molar-refractivity contribution >= 4 is 18.0 Å². The lowest BCUT2D eigenvalue weighted by molar-refractivity contribution is -0.119. The van der Waals surface area contributed by atoms with Crippen molar-refractivity contribution in [1.82, 2.24) is 10.6 Å². The van der Waals surface area contributed by atoms with Gasteiger partial charge in [-0.15, -0.1) is 0 Å². The summed E-state index contributed by atoms with van der Waals surface area (Å²) in [6.45, 7) is 2.04. The van der Waals surface area contributed by atoms with Gasteiger partial charge < -0.3 is 24.8 Å². The van der Waals surface area contributed by atoms with Gasteiger partial charge in [0.1, 0.15) is 25.1 Å². The van der Waals surface area contributed by atoms with Gasteiger partial charge in [-0.2, -0.15) is 0 Å². The number of amides is 2. The maximum absolute atomic E-state index is 11.2. The maximum atomic E-state index is 11.2. The third-order valence-corrected chi connectivity index (χ3v) is 2.56. The number of alkyl carbamates (subject to hydrolysis) is 2. The van der Waals surface area contributed by atoms with E-state index in [1.807, 2.05) is 0 Å². The molecule has 0 saturated heterocycles. The second-order valence-corrected chi connectivity index (χ2v) is 4.19. The number of hydrogen-bond acceptors (Lipinski definition) is 6. The highest BCUT2D eigenvalue weighted by molar-refractivity contribution is 5.77. The summed E-state index contributed by atoms with van der Waals surface area (Å²) >= 11 is 0. The Balaban J connectivity index is -0.00000200. The lowest BCUT2D eigenvalue weighted by atomic mass is 10.2. The van der Waals surface area contributed by atoms with Crippen LogP contribution in [0.5, 0.6) is 0 Å². The van der Waals surface area contributed by atoms with Gasteiger partial charge in [-0.05, 0) is 6.42 Å². The van der Waals surface area contributed by atoms with E-state index in [2.05, 4.69) is 10.6 Å². The van der Waals surface area contributed by atoms with Gasteiger partial charge in [-0.1, -0.05) is 21.8 Å². The Morgan fingerprint density at radius 3 is 1.83 bits per heavy atom. The molecule has 0 atom stereocenters. The minimum absolute atomic E-state index is 0. The Labute approximate surface area is 139 Å². The summed E-state index contributed by atoms with van der Waals surface area (Å²) in [5.74, 6) is 0.165. The van der Waals surface area contributed by atoms with E-state index < -0.39 is 18.3 Å². The van der Waals surface area contributed by atoms with Gasteiger partial charge in [0.15, 0.2) is 0 Å². The second-order valence-electron chi connectivity index (χ2n) is 4.19. The summed E-state index contributed by atoms with van der Waals surface area (Å²) in [7, 11) is 2.88. The molecule has 0 aromatic heterocycles. The van der Waals surface area contributed by atoms with Gasteiger partial charge in [-0.25, -0.2) is 9.59 Å². The fourth-order valence-electron chi connectivity index (χ4n) is 1.32. The van der Waals surface area contributed by atoms with E-state index in [1.54, 1.807) is 6.92 Å². The van der Waals surface area contributed by atoms with Gasteiger partial charge in [0.05, 0.1) is 0 Å². The molecule has 0 aromatic rings. The van der Waals surface area contributed by atoms with Crippen molar-refractivity contribution in [2.75, 3.05) is 33.9 Å². The number of ketones is 1. The van der Waals surface area contributed by atoms with Crippen molar-refractivity contribution in [3.8, 4) is 0 Å². The Bertz CT molecular complexity index is 316. The molecule has 0 unspecified atom stereocenters. The summed E-state index contributed by atoms with van der Waals surface area (Å²) in [4.78, 5) is 33.2. The number of ether oxygens (including phenoxy) is 3. The molecule has 8 nitrogen and oxygen atoms in total. The van der Waals surface area contributed by atoms with E-state index >= 15 is 0 Å².